The van der Waals surface area contributed by atoms with Crippen molar-refractivity contribution in [2.45, 2.75) is 19.6 Å². The predicted octanol–water partition coefficient (Wildman–Crippen LogP) is -0.158. The van der Waals surface area contributed by atoms with E-state index >= 15 is 0 Å². The molecule has 1 aromatic heterocycles. The number of hydrogen-bond donors (Lipinski definition) is 2. The highest BCUT2D eigenvalue weighted by molar-refractivity contribution is 5.14. The van der Waals surface area contributed by atoms with Gasteiger partial charge in [-0.05, 0) is 6.92 Å². The van der Waals surface area contributed by atoms with Crippen LogP contribution >= 0.6 is 0 Å². The number of nitrogens with one attached hydrogen (secondary N) is 1. The molecule has 0 aliphatic rings. The Bertz CT molecular complexity index is 341. The van der Waals surface area contributed by atoms with E-state index in [0.717, 1.165) is 11.3 Å². The van der Waals surface area contributed by atoms with Crippen LogP contribution in [0.4, 0.5) is 0 Å². The number of nitrogens with zero attached hydrogens (tertiary/aromatic N) is 2. The van der Waals surface area contributed by atoms with E-state index < -0.39 is 6.10 Å². The highest BCUT2D eigenvalue weighted by Gasteiger charge is 2.06. The van der Waals surface area contributed by atoms with Gasteiger partial charge in [-0.3, -0.25) is 4.68 Å². The molecule has 1 aromatic rings. The van der Waals surface area contributed by atoms with Crippen molar-refractivity contribution < 1.29 is 14.6 Å². The van der Waals surface area contributed by atoms with Crippen LogP contribution in [0, 0.1) is 6.92 Å². The molecular weight excluding hydrogens is 234 g/mol. The van der Waals surface area contributed by atoms with Crippen molar-refractivity contribution in [1.29, 1.82) is 0 Å². The van der Waals surface area contributed by atoms with Crippen molar-refractivity contribution in [3.8, 4) is 0 Å². The van der Waals surface area contributed by atoms with E-state index in [1.54, 1.807) is 11.8 Å². The van der Waals surface area contributed by atoms with Crippen LogP contribution in [0.2, 0.25) is 0 Å². The summed E-state index contributed by atoms with van der Waals surface area (Å²) in [5.41, 5.74) is 2.15. The van der Waals surface area contributed by atoms with Gasteiger partial charge in [0.25, 0.3) is 0 Å². The molecule has 6 heteroatoms. The molecule has 1 rings (SSSR count). The van der Waals surface area contributed by atoms with Crippen molar-refractivity contribution in [1.82, 2.24) is 15.1 Å². The standard InChI is InChI=1S/C12H23N3O3/c1-10-11(8-15(2)14-10)6-13-7-12(16)9-18-5-4-17-3/h8,12-13,16H,4-7,9H2,1-3H3. The van der Waals surface area contributed by atoms with Crippen molar-refractivity contribution in [2.75, 3.05) is 33.5 Å². The Morgan fingerprint density at radius 1 is 1.50 bits per heavy atom. The average molecular weight is 257 g/mol. The third-order valence-corrected chi connectivity index (χ3v) is 2.55. The lowest BCUT2D eigenvalue weighted by atomic mass is 10.2. The van der Waals surface area contributed by atoms with Crippen LogP contribution in [0.25, 0.3) is 0 Å². The number of rotatable bonds is 9. The summed E-state index contributed by atoms with van der Waals surface area (Å²) < 4.78 is 11.9. The van der Waals surface area contributed by atoms with Crippen molar-refractivity contribution >= 4 is 0 Å². The monoisotopic (exact) mass is 257 g/mol. The van der Waals surface area contributed by atoms with Gasteiger partial charge in [-0.15, -0.1) is 0 Å². The van der Waals surface area contributed by atoms with E-state index in [2.05, 4.69) is 10.4 Å². The minimum atomic E-state index is -0.501. The zero-order chi connectivity index (χ0) is 13.4. The molecule has 1 atom stereocenters. The van der Waals surface area contributed by atoms with Gasteiger partial charge in [-0.1, -0.05) is 0 Å². The number of aromatic nitrogens is 2. The topological polar surface area (TPSA) is 68.5 Å². The van der Waals surface area contributed by atoms with Gasteiger partial charge in [0.15, 0.2) is 0 Å². The SMILES string of the molecule is COCCOCC(O)CNCc1cn(C)nc1C. The molecule has 18 heavy (non-hydrogen) atoms. The van der Waals surface area contributed by atoms with Crippen LogP contribution in [0.3, 0.4) is 0 Å². The van der Waals surface area contributed by atoms with Crippen molar-refractivity contribution in [3.05, 3.63) is 17.5 Å². The molecule has 0 fully saturated rings. The normalized spacial score (nSPS) is 12.9. The second-order valence-electron chi connectivity index (χ2n) is 4.27. The summed E-state index contributed by atoms with van der Waals surface area (Å²) in [7, 11) is 3.52. The van der Waals surface area contributed by atoms with Gasteiger partial charge in [0.2, 0.25) is 0 Å². The maximum atomic E-state index is 9.65. The second kappa shape index (κ2) is 8.20. The van der Waals surface area contributed by atoms with E-state index in [0.29, 0.717) is 32.9 Å². The number of aliphatic hydroxyl groups excluding tert-OH is 1. The van der Waals surface area contributed by atoms with Crippen molar-refractivity contribution in [2.24, 2.45) is 7.05 Å². The summed E-state index contributed by atoms with van der Waals surface area (Å²) in [5, 5.41) is 17.1. The molecule has 0 aliphatic carbocycles. The average Bonchev–Trinajstić information content (AvgIpc) is 2.64. The minimum Gasteiger partial charge on any atom is -0.389 e. The Hall–Kier alpha value is -0.950. The van der Waals surface area contributed by atoms with Gasteiger partial charge >= 0.3 is 0 Å². The van der Waals surface area contributed by atoms with E-state index in [9.17, 15) is 5.11 Å². The molecule has 0 amide bonds. The maximum absolute atomic E-state index is 9.65. The fraction of sp³-hybridized carbons (Fsp3) is 0.750. The summed E-state index contributed by atoms with van der Waals surface area (Å²) >= 11 is 0. The number of methoxy groups -OCH3 is 1. The molecule has 0 radical (unpaired) electrons. The Morgan fingerprint density at radius 3 is 2.89 bits per heavy atom. The van der Waals surface area contributed by atoms with Crippen LogP contribution in [-0.4, -0.2) is 54.5 Å². The number of ether oxygens (including phenoxy) is 2. The van der Waals surface area contributed by atoms with Gasteiger partial charge in [0.1, 0.15) is 0 Å². The molecule has 0 saturated carbocycles. The molecule has 0 saturated heterocycles. The first-order chi connectivity index (χ1) is 8.63. The molecule has 6 nitrogen and oxygen atoms in total. The first kappa shape index (κ1) is 15.1. The van der Waals surface area contributed by atoms with Crippen LogP contribution in [0.1, 0.15) is 11.3 Å². The van der Waals surface area contributed by atoms with Gasteiger partial charge < -0.3 is 19.9 Å². The van der Waals surface area contributed by atoms with Crippen molar-refractivity contribution in [3.63, 3.8) is 0 Å². The Labute approximate surface area is 108 Å². The highest BCUT2D eigenvalue weighted by Crippen LogP contribution is 2.03. The van der Waals surface area contributed by atoms with Gasteiger partial charge in [0, 0.05) is 39.0 Å². The minimum absolute atomic E-state index is 0.322. The second-order valence-corrected chi connectivity index (χ2v) is 4.27. The van der Waals surface area contributed by atoms with Crippen LogP contribution in [0.15, 0.2) is 6.20 Å². The maximum Gasteiger partial charge on any atom is 0.0897 e. The molecule has 2 N–H and O–H groups in total. The van der Waals surface area contributed by atoms with Crippen LogP contribution in [-0.2, 0) is 23.1 Å². The highest BCUT2D eigenvalue weighted by atomic mass is 16.5. The Balaban J connectivity index is 2.11. The zero-order valence-electron chi connectivity index (χ0n) is 11.3. The summed E-state index contributed by atoms with van der Waals surface area (Å²) in [5.74, 6) is 0. The number of hydrogen-bond acceptors (Lipinski definition) is 5. The molecule has 0 aromatic carbocycles. The quantitative estimate of drug-likeness (QED) is 0.602. The molecule has 0 spiro atoms. The summed E-state index contributed by atoms with van der Waals surface area (Å²) in [6, 6.07) is 0. The molecular formula is C12H23N3O3. The van der Waals surface area contributed by atoms with E-state index in [4.69, 9.17) is 9.47 Å². The van der Waals surface area contributed by atoms with E-state index in [-0.39, 0.29) is 0 Å². The van der Waals surface area contributed by atoms with E-state index in [1.807, 2.05) is 20.2 Å². The van der Waals surface area contributed by atoms with Gasteiger partial charge in [-0.2, -0.15) is 5.10 Å². The van der Waals surface area contributed by atoms with Crippen LogP contribution in [0.5, 0.6) is 0 Å². The molecule has 0 bridgehead atoms. The van der Waals surface area contributed by atoms with Gasteiger partial charge in [0.05, 0.1) is 31.6 Å². The number of aliphatic hydroxyl groups is 1. The fourth-order valence-electron chi connectivity index (χ4n) is 1.62. The molecule has 1 heterocycles. The van der Waals surface area contributed by atoms with Gasteiger partial charge in [-0.25, -0.2) is 0 Å². The summed E-state index contributed by atoms with van der Waals surface area (Å²) in [6.45, 7) is 4.56. The summed E-state index contributed by atoms with van der Waals surface area (Å²) in [6.07, 6.45) is 1.47. The van der Waals surface area contributed by atoms with Crippen LogP contribution < -0.4 is 5.32 Å². The van der Waals surface area contributed by atoms with E-state index in [1.165, 1.54) is 0 Å². The molecule has 104 valence electrons. The summed E-state index contributed by atoms with van der Waals surface area (Å²) in [4.78, 5) is 0. The lowest BCUT2D eigenvalue weighted by Crippen LogP contribution is -2.30. The third-order valence-electron chi connectivity index (χ3n) is 2.55. The zero-order valence-corrected chi connectivity index (χ0v) is 11.3. The molecule has 1 unspecified atom stereocenters. The predicted molar refractivity (Wildman–Crippen MR) is 68.4 cm³/mol. The molecule has 0 aliphatic heterocycles. The fourth-order valence-corrected chi connectivity index (χ4v) is 1.62. The Kier molecular flexibility index (Phi) is 6.89. The lowest BCUT2D eigenvalue weighted by molar-refractivity contribution is 0.0137. The largest absolute Gasteiger partial charge is 0.389 e. The third kappa shape index (κ3) is 5.59. The number of aryl methyl sites for hydroxylation is 2. The Morgan fingerprint density at radius 2 is 2.28 bits per heavy atom. The lowest BCUT2D eigenvalue weighted by Gasteiger charge is -2.12. The first-order valence-electron chi connectivity index (χ1n) is 6.08. The first-order valence-corrected chi connectivity index (χ1v) is 6.08. The smallest absolute Gasteiger partial charge is 0.0897 e.